The molecule has 2 unspecified atom stereocenters. The van der Waals surface area contributed by atoms with Gasteiger partial charge in [0.1, 0.15) is 18.3 Å². The number of aliphatic hydroxyl groups excluding tert-OH is 2. The van der Waals surface area contributed by atoms with Crippen LogP contribution in [-0.2, 0) is 9.53 Å². The van der Waals surface area contributed by atoms with E-state index in [2.05, 4.69) is 4.74 Å². The van der Waals surface area contributed by atoms with Crippen LogP contribution in [0, 0.1) is 0 Å². The van der Waals surface area contributed by atoms with Crippen LogP contribution < -0.4 is 0 Å². The predicted octanol–water partition coefficient (Wildman–Crippen LogP) is -1.98. The average Bonchev–Trinajstić information content (AvgIpc) is 2.31. The molecule has 0 bridgehead atoms. The van der Waals surface area contributed by atoms with Crippen molar-refractivity contribution in [1.82, 2.24) is 0 Å². The van der Waals surface area contributed by atoms with E-state index in [4.69, 9.17) is 10.2 Å². The fraction of sp³-hybridized carbons (Fsp3) is 0.833. The van der Waals surface area contributed by atoms with Crippen molar-refractivity contribution in [2.45, 2.75) is 18.1 Å². The van der Waals surface area contributed by atoms with Gasteiger partial charge >= 0.3 is 5.97 Å². The summed E-state index contributed by atoms with van der Waals surface area (Å²) >= 11 is 0. The molecule has 2 atom stereocenters. The monoisotopic (exact) mass is 162 g/mol. The van der Waals surface area contributed by atoms with Gasteiger partial charge in [0.15, 0.2) is 0 Å². The number of carbonyl (C=O) groups excluding carboxylic acids is 1. The van der Waals surface area contributed by atoms with Gasteiger partial charge in [-0.25, -0.2) is 0 Å². The van der Waals surface area contributed by atoms with Crippen LogP contribution in [0.15, 0.2) is 0 Å². The molecule has 0 amide bonds. The topological polar surface area (TPSA) is 87.0 Å². The molecule has 11 heavy (non-hydrogen) atoms. The number of cyclic esters (lactones) is 1. The molecule has 0 spiro atoms. The zero-order valence-corrected chi connectivity index (χ0v) is 5.86. The normalized spacial score (nSPS) is 33.5. The van der Waals surface area contributed by atoms with Gasteiger partial charge in [0, 0.05) is 0 Å². The third kappa shape index (κ3) is 1.50. The lowest BCUT2D eigenvalue weighted by molar-refractivity contribution is -0.138. The standard InChI is InChI=1S/C6H10O5/c7-2-4(8)6(10)1-5(9)11-3-6/h4,7-8,10H,1-3H2. The van der Waals surface area contributed by atoms with Crippen LogP contribution >= 0.6 is 0 Å². The minimum atomic E-state index is -1.59. The Balaban J connectivity index is 2.61. The van der Waals surface area contributed by atoms with Gasteiger partial charge in [-0.05, 0) is 0 Å². The molecule has 3 N–H and O–H groups in total. The van der Waals surface area contributed by atoms with E-state index in [-0.39, 0.29) is 13.0 Å². The van der Waals surface area contributed by atoms with E-state index >= 15 is 0 Å². The maximum atomic E-state index is 10.5. The number of esters is 1. The Labute approximate surface area is 63.2 Å². The minimum Gasteiger partial charge on any atom is -0.462 e. The highest BCUT2D eigenvalue weighted by molar-refractivity contribution is 5.73. The summed E-state index contributed by atoms with van der Waals surface area (Å²) in [6.07, 6.45) is -1.57. The number of hydrogen-bond donors (Lipinski definition) is 3. The lowest BCUT2D eigenvalue weighted by atomic mass is 9.96. The predicted molar refractivity (Wildman–Crippen MR) is 33.6 cm³/mol. The highest BCUT2D eigenvalue weighted by Gasteiger charge is 2.44. The maximum Gasteiger partial charge on any atom is 0.309 e. The van der Waals surface area contributed by atoms with Crippen molar-refractivity contribution < 1.29 is 24.9 Å². The molecular weight excluding hydrogens is 152 g/mol. The molecule has 1 rings (SSSR count). The van der Waals surface area contributed by atoms with Gasteiger partial charge in [0.25, 0.3) is 0 Å². The van der Waals surface area contributed by atoms with Crippen LogP contribution in [0.25, 0.3) is 0 Å². The van der Waals surface area contributed by atoms with Crippen molar-refractivity contribution in [2.75, 3.05) is 13.2 Å². The fourth-order valence-corrected chi connectivity index (χ4v) is 0.941. The molecule has 5 nitrogen and oxygen atoms in total. The number of rotatable bonds is 2. The number of carbonyl (C=O) groups is 1. The largest absolute Gasteiger partial charge is 0.462 e. The summed E-state index contributed by atoms with van der Waals surface area (Å²) < 4.78 is 4.43. The summed E-state index contributed by atoms with van der Waals surface area (Å²) in [5.74, 6) is -0.556. The van der Waals surface area contributed by atoms with E-state index in [1.165, 1.54) is 0 Å². The van der Waals surface area contributed by atoms with Gasteiger partial charge in [-0.2, -0.15) is 0 Å². The molecule has 0 radical (unpaired) electrons. The van der Waals surface area contributed by atoms with Crippen molar-refractivity contribution in [2.24, 2.45) is 0 Å². The number of aliphatic hydroxyl groups is 3. The van der Waals surface area contributed by atoms with E-state index in [1.807, 2.05) is 0 Å². The summed E-state index contributed by atoms with van der Waals surface area (Å²) in [4.78, 5) is 10.5. The summed E-state index contributed by atoms with van der Waals surface area (Å²) in [7, 11) is 0. The van der Waals surface area contributed by atoms with Crippen molar-refractivity contribution >= 4 is 5.97 Å². The molecule has 1 aliphatic rings. The summed E-state index contributed by atoms with van der Waals surface area (Å²) in [5.41, 5.74) is -1.59. The Morgan fingerprint density at radius 1 is 1.73 bits per heavy atom. The Hall–Kier alpha value is -0.650. The second kappa shape index (κ2) is 2.77. The Morgan fingerprint density at radius 3 is 2.73 bits per heavy atom. The summed E-state index contributed by atoms with van der Waals surface area (Å²) in [6.45, 7) is -0.819. The van der Waals surface area contributed by atoms with Crippen molar-refractivity contribution in [3.8, 4) is 0 Å². The van der Waals surface area contributed by atoms with Gasteiger partial charge < -0.3 is 20.1 Å². The van der Waals surface area contributed by atoms with E-state index in [0.29, 0.717) is 0 Å². The van der Waals surface area contributed by atoms with Gasteiger partial charge in [-0.15, -0.1) is 0 Å². The SMILES string of the molecule is O=C1CC(O)(C(O)CO)CO1. The third-order valence-corrected chi connectivity index (χ3v) is 1.73. The molecule has 0 aromatic carbocycles. The van der Waals surface area contributed by atoms with Crippen molar-refractivity contribution in [1.29, 1.82) is 0 Å². The first-order valence-corrected chi connectivity index (χ1v) is 3.25. The molecule has 1 saturated heterocycles. The maximum absolute atomic E-state index is 10.5. The first-order chi connectivity index (χ1) is 5.08. The lowest BCUT2D eigenvalue weighted by Crippen LogP contribution is -2.45. The van der Waals surface area contributed by atoms with Gasteiger partial charge in [0.05, 0.1) is 13.0 Å². The smallest absolute Gasteiger partial charge is 0.309 e. The van der Waals surface area contributed by atoms with Crippen LogP contribution in [0.5, 0.6) is 0 Å². The molecule has 0 saturated carbocycles. The first kappa shape index (κ1) is 8.45. The Kier molecular flexibility index (Phi) is 2.12. The number of hydrogen-bond acceptors (Lipinski definition) is 5. The molecule has 0 aromatic heterocycles. The molecule has 0 aromatic rings. The van der Waals surface area contributed by atoms with Gasteiger partial charge in [0.2, 0.25) is 0 Å². The van der Waals surface area contributed by atoms with E-state index in [9.17, 15) is 9.90 Å². The Morgan fingerprint density at radius 2 is 2.36 bits per heavy atom. The highest BCUT2D eigenvalue weighted by Crippen LogP contribution is 2.22. The second-order valence-electron chi connectivity index (χ2n) is 2.64. The first-order valence-electron chi connectivity index (χ1n) is 3.25. The average molecular weight is 162 g/mol. The van der Waals surface area contributed by atoms with E-state index in [0.717, 1.165) is 0 Å². The summed E-state index contributed by atoms with van der Waals surface area (Å²) in [5, 5.41) is 26.8. The summed E-state index contributed by atoms with van der Waals surface area (Å²) in [6, 6.07) is 0. The molecule has 0 aliphatic carbocycles. The minimum absolute atomic E-state index is 0.242. The van der Waals surface area contributed by atoms with Crippen LogP contribution in [0.2, 0.25) is 0 Å². The zero-order valence-electron chi connectivity index (χ0n) is 5.86. The number of ether oxygens (including phenoxy) is 1. The zero-order chi connectivity index (χ0) is 8.48. The molecule has 5 heteroatoms. The van der Waals surface area contributed by atoms with E-state index in [1.54, 1.807) is 0 Å². The van der Waals surface area contributed by atoms with Crippen molar-refractivity contribution in [3.05, 3.63) is 0 Å². The van der Waals surface area contributed by atoms with Crippen LogP contribution in [0.4, 0.5) is 0 Å². The van der Waals surface area contributed by atoms with Crippen LogP contribution in [0.1, 0.15) is 6.42 Å². The quantitative estimate of drug-likeness (QED) is 0.409. The van der Waals surface area contributed by atoms with Gasteiger partial charge in [-0.1, -0.05) is 0 Å². The second-order valence-corrected chi connectivity index (χ2v) is 2.64. The lowest BCUT2D eigenvalue weighted by Gasteiger charge is -2.23. The Bertz CT molecular complexity index is 168. The molecule has 1 aliphatic heterocycles. The molecule has 1 heterocycles. The van der Waals surface area contributed by atoms with Crippen LogP contribution in [0.3, 0.4) is 0 Å². The molecule has 64 valence electrons. The molecule has 1 fully saturated rings. The third-order valence-electron chi connectivity index (χ3n) is 1.73. The molecular formula is C6H10O5. The van der Waals surface area contributed by atoms with E-state index < -0.39 is 24.3 Å². The van der Waals surface area contributed by atoms with Crippen molar-refractivity contribution in [3.63, 3.8) is 0 Å². The van der Waals surface area contributed by atoms with Crippen LogP contribution in [-0.4, -0.2) is 46.2 Å². The fourth-order valence-electron chi connectivity index (χ4n) is 0.941. The highest BCUT2D eigenvalue weighted by atomic mass is 16.6. The van der Waals surface area contributed by atoms with Gasteiger partial charge in [-0.3, -0.25) is 4.79 Å².